The molecule has 0 aliphatic heterocycles. The maximum Gasteiger partial charge on any atom is 0.305 e. The van der Waals surface area contributed by atoms with Gasteiger partial charge in [0.1, 0.15) is 0 Å². The number of esters is 1. The second-order valence-electron chi connectivity index (χ2n) is 3.49. The zero-order valence-corrected chi connectivity index (χ0v) is 9.29. The molecule has 0 rings (SSSR count). The number of carbonyl (C=O) groups is 1. The molecule has 0 aliphatic rings. The first kappa shape index (κ1) is 13.4. The third-order valence-corrected chi connectivity index (χ3v) is 2.13. The molecular formula is C11H22O3. The second kappa shape index (κ2) is 9.00. The maximum absolute atomic E-state index is 10.9. The number of unbranched alkanes of at least 4 members (excludes halogenated alkanes) is 2. The van der Waals surface area contributed by atoms with Gasteiger partial charge in [-0.15, -0.1) is 0 Å². The third-order valence-electron chi connectivity index (χ3n) is 2.13. The van der Waals surface area contributed by atoms with Crippen LogP contribution in [0.25, 0.3) is 0 Å². The van der Waals surface area contributed by atoms with E-state index in [1.54, 1.807) is 6.92 Å². The Morgan fingerprint density at radius 2 is 2.00 bits per heavy atom. The van der Waals surface area contributed by atoms with Crippen LogP contribution in [0.4, 0.5) is 0 Å². The third kappa shape index (κ3) is 8.05. The van der Waals surface area contributed by atoms with Crippen LogP contribution in [0.5, 0.6) is 0 Å². The zero-order valence-electron chi connectivity index (χ0n) is 9.29. The maximum atomic E-state index is 10.9. The highest BCUT2D eigenvalue weighted by Crippen LogP contribution is 2.08. The molecule has 0 aromatic carbocycles. The fourth-order valence-corrected chi connectivity index (χ4v) is 1.29. The molecule has 14 heavy (non-hydrogen) atoms. The summed E-state index contributed by atoms with van der Waals surface area (Å²) in [6.07, 6.45) is 4.67. The number of hydrogen-bond donors (Lipinski definition) is 1. The standard InChI is InChI=1S/C11H22O3/c1-3-5-6-7-10(12)8-9-11(13)14-4-2/h10,12H,3-9H2,1-2H3/t10-/m1/s1. The summed E-state index contributed by atoms with van der Waals surface area (Å²) in [5, 5.41) is 9.49. The molecule has 0 aromatic rings. The van der Waals surface area contributed by atoms with Gasteiger partial charge in [0.2, 0.25) is 0 Å². The molecule has 0 heterocycles. The lowest BCUT2D eigenvalue weighted by molar-refractivity contribution is -0.143. The SMILES string of the molecule is CCCCC[C@@H](O)CCC(=O)OCC. The van der Waals surface area contributed by atoms with Crippen molar-refractivity contribution in [3.05, 3.63) is 0 Å². The van der Waals surface area contributed by atoms with E-state index in [1.165, 1.54) is 0 Å². The van der Waals surface area contributed by atoms with Gasteiger partial charge in [-0.2, -0.15) is 0 Å². The van der Waals surface area contributed by atoms with Crippen LogP contribution in [0.2, 0.25) is 0 Å². The smallest absolute Gasteiger partial charge is 0.305 e. The highest BCUT2D eigenvalue weighted by Gasteiger charge is 2.08. The Morgan fingerprint density at radius 1 is 1.29 bits per heavy atom. The van der Waals surface area contributed by atoms with Gasteiger partial charge >= 0.3 is 5.97 Å². The van der Waals surface area contributed by atoms with Crippen LogP contribution in [0, 0.1) is 0 Å². The number of rotatable bonds is 8. The molecule has 0 spiro atoms. The molecule has 0 fully saturated rings. The van der Waals surface area contributed by atoms with Crippen molar-refractivity contribution in [2.24, 2.45) is 0 Å². The fourth-order valence-electron chi connectivity index (χ4n) is 1.29. The number of aliphatic hydroxyl groups is 1. The molecule has 0 amide bonds. The van der Waals surface area contributed by atoms with Crippen molar-refractivity contribution < 1.29 is 14.6 Å². The molecule has 3 nitrogen and oxygen atoms in total. The lowest BCUT2D eigenvalue weighted by Crippen LogP contribution is -2.11. The van der Waals surface area contributed by atoms with E-state index in [0.29, 0.717) is 19.4 Å². The Morgan fingerprint density at radius 3 is 2.57 bits per heavy atom. The van der Waals surface area contributed by atoms with Crippen LogP contribution in [-0.2, 0) is 9.53 Å². The summed E-state index contributed by atoms with van der Waals surface area (Å²) in [6, 6.07) is 0. The number of aliphatic hydroxyl groups excluding tert-OH is 1. The summed E-state index contributed by atoms with van der Waals surface area (Å²) in [5.41, 5.74) is 0. The predicted molar refractivity (Wildman–Crippen MR) is 56.0 cm³/mol. The first-order chi connectivity index (χ1) is 6.70. The summed E-state index contributed by atoms with van der Waals surface area (Å²) < 4.78 is 4.77. The molecule has 0 aromatic heterocycles. The summed E-state index contributed by atoms with van der Waals surface area (Å²) in [4.78, 5) is 10.9. The fraction of sp³-hybridized carbons (Fsp3) is 0.909. The molecule has 0 saturated heterocycles. The van der Waals surface area contributed by atoms with E-state index in [0.717, 1.165) is 25.7 Å². The van der Waals surface area contributed by atoms with Crippen LogP contribution < -0.4 is 0 Å². The summed E-state index contributed by atoms with van der Waals surface area (Å²) >= 11 is 0. The molecular weight excluding hydrogens is 180 g/mol. The number of hydrogen-bond acceptors (Lipinski definition) is 3. The second-order valence-corrected chi connectivity index (χ2v) is 3.49. The molecule has 0 saturated carbocycles. The lowest BCUT2D eigenvalue weighted by atomic mass is 10.1. The summed E-state index contributed by atoms with van der Waals surface area (Å²) in [7, 11) is 0. The molecule has 0 unspecified atom stereocenters. The Kier molecular flexibility index (Phi) is 8.64. The Bertz CT molecular complexity index is 145. The van der Waals surface area contributed by atoms with E-state index >= 15 is 0 Å². The van der Waals surface area contributed by atoms with Gasteiger partial charge in [-0.3, -0.25) is 4.79 Å². The number of carbonyl (C=O) groups excluding carboxylic acids is 1. The van der Waals surface area contributed by atoms with Gasteiger partial charge < -0.3 is 9.84 Å². The molecule has 0 bridgehead atoms. The van der Waals surface area contributed by atoms with Gasteiger partial charge in [-0.05, 0) is 19.8 Å². The Balaban J connectivity index is 3.33. The number of ether oxygens (including phenoxy) is 1. The zero-order chi connectivity index (χ0) is 10.8. The molecule has 1 atom stereocenters. The minimum Gasteiger partial charge on any atom is -0.466 e. The van der Waals surface area contributed by atoms with E-state index in [1.807, 2.05) is 0 Å². The molecule has 3 heteroatoms. The Hall–Kier alpha value is -0.570. The van der Waals surface area contributed by atoms with Crippen molar-refractivity contribution in [2.45, 2.75) is 58.5 Å². The topological polar surface area (TPSA) is 46.5 Å². The van der Waals surface area contributed by atoms with E-state index in [9.17, 15) is 9.90 Å². The quantitative estimate of drug-likeness (QED) is 0.485. The molecule has 1 N–H and O–H groups in total. The van der Waals surface area contributed by atoms with Gasteiger partial charge in [0, 0.05) is 6.42 Å². The predicted octanol–water partition coefficient (Wildman–Crippen LogP) is 2.27. The van der Waals surface area contributed by atoms with Gasteiger partial charge in [-0.25, -0.2) is 0 Å². The van der Waals surface area contributed by atoms with Crippen LogP contribution in [0.15, 0.2) is 0 Å². The van der Waals surface area contributed by atoms with Crippen molar-refractivity contribution in [1.29, 1.82) is 0 Å². The van der Waals surface area contributed by atoms with Gasteiger partial charge in [0.05, 0.1) is 12.7 Å². The average molecular weight is 202 g/mol. The van der Waals surface area contributed by atoms with Crippen LogP contribution in [0.1, 0.15) is 52.4 Å². The normalized spacial score (nSPS) is 12.5. The van der Waals surface area contributed by atoms with E-state index in [4.69, 9.17) is 4.74 Å². The van der Waals surface area contributed by atoms with Crippen molar-refractivity contribution in [1.82, 2.24) is 0 Å². The molecule has 84 valence electrons. The van der Waals surface area contributed by atoms with Crippen molar-refractivity contribution in [2.75, 3.05) is 6.61 Å². The Labute approximate surface area is 86.5 Å². The first-order valence-electron chi connectivity index (χ1n) is 5.54. The van der Waals surface area contributed by atoms with Crippen molar-refractivity contribution >= 4 is 5.97 Å². The minimum absolute atomic E-state index is 0.206. The van der Waals surface area contributed by atoms with Crippen LogP contribution in [0.3, 0.4) is 0 Å². The minimum atomic E-state index is -0.342. The van der Waals surface area contributed by atoms with Gasteiger partial charge in [-0.1, -0.05) is 26.2 Å². The first-order valence-corrected chi connectivity index (χ1v) is 5.54. The van der Waals surface area contributed by atoms with Crippen molar-refractivity contribution in [3.63, 3.8) is 0 Å². The highest BCUT2D eigenvalue weighted by molar-refractivity contribution is 5.69. The lowest BCUT2D eigenvalue weighted by Gasteiger charge is -2.09. The van der Waals surface area contributed by atoms with E-state index in [-0.39, 0.29) is 12.1 Å². The largest absolute Gasteiger partial charge is 0.466 e. The van der Waals surface area contributed by atoms with Crippen LogP contribution >= 0.6 is 0 Å². The monoisotopic (exact) mass is 202 g/mol. The van der Waals surface area contributed by atoms with E-state index in [2.05, 4.69) is 6.92 Å². The van der Waals surface area contributed by atoms with E-state index < -0.39 is 0 Å². The van der Waals surface area contributed by atoms with Gasteiger partial charge in [0.15, 0.2) is 0 Å². The summed E-state index contributed by atoms with van der Waals surface area (Å²) in [5.74, 6) is -0.206. The highest BCUT2D eigenvalue weighted by atomic mass is 16.5. The summed E-state index contributed by atoms with van der Waals surface area (Å²) in [6.45, 7) is 4.34. The van der Waals surface area contributed by atoms with Crippen molar-refractivity contribution in [3.8, 4) is 0 Å². The molecule has 0 aliphatic carbocycles. The average Bonchev–Trinajstić information content (AvgIpc) is 2.16. The van der Waals surface area contributed by atoms with Crippen LogP contribution in [-0.4, -0.2) is 23.8 Å². The van der Waals surface area contributed by atoms with Gasteiger partial charge in [0.25, 0.3) is 0 Å². The molecule has 0 radical (unpaired) electrons.